The second-order valence-electron chi connectivity index (χ2n) is 5.94. The van der Waals surface area contributed by atoms with Gasteiger partial charge in [-0.1, -0.05) is 64.5 Å². The Morgan fingerprint density at radius 3 is 2.56 bits per heavy atom. The molecular weight excluding hydrogens is 410 g/mol. The molecule has 0 saturated heterocycles. The van der Waals surface area contributed by atoms with E-state index >= 15 is 0 Å². The van der Waals surface area contributed by atoms with Gasteiger partial charge in [0.25, 0.3) is 5.91 Å². The molecule has 0 atom stereocenters. The number of hydrogen-bond donors (Lipinski definition) is 1. The van der Waals surface area contributed by atoms with E-state index in [-0.39, 0.29) is 12.5 Å². The number of H-pyrrole nitrogens is 1. The highest BCUT2D eigenvalue weighted by molar-refractivity contribution is 9.10. The van der Waals surface area contributed by atoms with Crippen molar-refractivity contribution in [3.05, 3.63) is 76.4 Å². The second-order valence-corrected chi connectivity index (χ2v) is 6.80. The third-order valence-corrected chi connectivity index (χ3v) is 4.81. The van der Waals surface area contributed by atoms with Crippen LogP contribution in [-0.2, 0) is 16.1 Å². The molecule has 0 radical (unpaired) electrons. The molecule has 0 fully saturated rings. The van der Waals surface area contributed by atoms with E-state index in [2.05, 4.69) is 26.1 Å². The second kappa shape index (κ2) is 8.64. The number of carbonyl (C=O) groups is 2. The Kier molecular flexibility index (Phi) is 6.03. The maximum absolute atomic E-state index is 12.4. The van der Waals surface area contributed by atoms with Crippen molar-refractivity contribution >= 4 is 27.8 Å². The van der Waals surface area contributed by atoms with Crippen LogP contribution in [0, 0.1) is 0 Å². The van der Waals surface area contributed by atoms with E-state index < -0.39 is 5.97 Å². The molecule has 1 aromatic heterocycles. The minimum Gasteiger partial charge on any atom is -0.452 e. The predicted octanol–water partition coefficient (Wildman–Crippen LogP) is 3.65. The molecule has 0 aliphatic carbocycles. The number of nitrogens with zero attached hydrogens (tertiary/aromatic N) is 2. The number of aromatic nitrogens is 2. The van der Waals surface area contributed by atoms with Crippen LogP contribution >= 0.6 is 15.9 Å². The molecule has 138 valence electrons. The van der Waals surface area contributed by atoms with E-state index in [0.29, 0.717) is 17.8 Å². The van der Waals surface area contributed by atoms with Crippen molar-refractivity contribution in [2.75, 3.05) is 13.7 Å². The molecule has 0 unspecified atom stereocenters. The lowest BCUT2D eigenvalue weighted by Gasteiger charge is -2.18. The number of likely N-dealkylation sites (N-methyl/N-ethyl adjacent to an activating group) is 1. The van der Waals surface area contributed by atoms with Crippen LogP contribution in [0.1, 0.15) is 15.9 Å². The third kappa shape index (κ3) is 4.62. The first-order valence-corrected chi connectivity index (χ1v) is 9.09. The summed E-state index contributed by atoms with van der Waals surface area (Å²) in [6, 6.07) is 17.0. The van der Waals surface area contributed by atoms with Gasteiger partial charge in [-0.3, -0.25) is 9.89 Å². The van der Waals surface area contributed by atoms with E-state index in [1.54, 1.807) is 7.05 Å². The van der Waals surface area contributed by atoms with Crippen LogP contribution in [0.4, 0.5) is 0 Å². The van der Waals surface area contributed by atoms with Gasteiger partial charge >= 0.3 is 5.97 Å². The van der Waals surface area contributed by atoms with Crippen molar-refractivity contribution in [2.24, 2.45) is 0 Å². The zero-order chi connectivity index (χ0) is 19.2. The number of amides is 1. The fourth-order valence-corrected chi connectivity index (χ4v) is 2.96. The number of carbonyl (C=O) groups excluding carboxylic acids is 2. The molecule has 1 N–H and O–H groups in total. The molecule has 1 amide bonds. The molecule has 0 aliphatic heterocycles. The summed E-state index contributed by atoms with van der Waals surface area (Å²) in [6.45, 7) is 0.0813. The Morgan fingerprint density at radius 1 is 1.11 bits per heavy atom. The first-order chi connectivity index (χ1) is 13.1. The van der Waals surface area contributed by atoms with Crippen LogP contribution in [0.25, 0.3) is 11.3 Å². The van der Waals surface area contributed by atoms with E-state index in [0.717, 1.165) is 15.6 Å². The summed E-state index contributed by atoms with van der Waals surface area (Å²) in [7, 11) is 1.67. The Labute approximate surface area is 165 Å². The van der Waals surface area contributed by atoms with Crippen molar-refractivity contribution in [3.63, 3.8) is 0 Å². The summed E-state index contributed by atoms with van der Waals surface area (Å²) in [5.41, 5.74) is 2.65. The van der Waals surface area contributed by atoms with Crippen molar-refractivity contribution in [1.82, 2.24) is 15.1 Å². The number of rotatable bonds is 6. The molecule has 2 aromatic carbocycles. The number of hydrogen-bond acceptors (Lipinski definition) is 4. The average Bonchev–Trinajstić information content (AvgIpc) is 3.18. The molecule has 3 aromatic rings. The number of esters is 1. The highest BCUT2D eigenvalue weighted by Gasteiger charge is 2.19. The first kappa shape index (κ1) is 18.8. The molecule has 1 heterocycles. The van der Waals surface area contributed by atoms with Gasteiger partial charge in [-0.15, -0.1) is 0 Å². The Morgan fingerprint density at radius 2 is 1.81 bits per heavy atom. The molecule has 0 aliphatic rings. The van der Waals surface area contributed by atoms with Crippen molar-refractivity contribution in [3.8, 4) is 11.3 Å². The highest BCUT2D eigenvalue weighted by Crippen LogP contribution is 2.21. The fraction of sp³-hybridized carbons (Fsp3) is 0.150. The molecule has 0 bridgehead atoms. The Bertz CT molecular complexity index is 940. The molecular formula is C20H18BrN3O3. The number of nitrogens with one attached hydrogen (secondary N) is 1. The smallest absolute Gasteiger partial charge is 0.342 e. The minimum absolute atomic E-state index is 0.288. The maximum atomic E-state index is 12.4. The number of aromatic amines is 1. The monoisotopic (exact) mass is 427 g/mol. The summed E-state index contributed by atoms with van der Waals surface area (Å²) in [6.07, 6.45) is 1.40. The number of benzene rings is 2. The lowest BCUT2D eigenvalue weighted by Crippen LogP contribution is -2.31. The quantitative estimate of drug-likeness (QED) is 0.609. The van der Waals surface area contributed by atoms with E-state index in [1.807, 2.05) is 54.6 Å². The topological polar surface area (TPSA) is 75.3 Å². The number of halogens is 1. The normalized spacial score (nSPS) is 10.4. The van der Waals surface area contributed by atoms with Gasteiger partial charge in [-0.05, 0) is 11.6 Å². The average molecular weight is 428 g/mol. The van der Waals surface area contributed by atoms with Crippen molar-refractivity contribution in [2.45, 2.75) is 6.54 Å². The van der Waals surface area contributed by atoms with Gasteiger partial charge < -0.3 is 9.64 Å². The van der Waals surface area contributed by atoms with Gasteiger partial charge in [0.2, 0.25) is 0 Å². The van der Waals surface area contributed by atoms with Crippen LogP contribution < -0.4 is 0 Å². The highest BCUT2D eigenvalue weighted by atomic mass is 79.9. The van der Waals surface area contributed by atoms with Crippen LogP contribution in [0.2, 0.25) is 0 Å². The molecule has 0 saturated carbocycles. The van der Waals surface area contributed by atoms with Crippen LogP contribution in [0.3, 0.4) is 0 Å². The standard InChI is InChI=1S/C20H18BrN3O3/c1-24(12-15-9-5-6-10-17(15)21)18(25)13-27-20(26)16-11-22-23-19(16)14-7-3-2-4-8-14/h2-11H,12-13H2,1H3,(H,22,23). The largest absolute Gasteiger partial charge is 0.452 e. The fourth-order valence-electron chi connectivity index (χ4n) is 2.55. The zero-order valence-electron chi connectivity index (χ0n) is 14.7. The summed E-state index contributed by atoms with van der Waals surface area (Å²) in [4.78, 5) is 26.2. The SMILES string of the molecule is CN(Cc1ccccc1Br)C(=O)COC(=O)c1cn[nH]c1-c1ccccc1. The van der Waals surface area contributed by atoms with Gasteiger partial charge in [0, 0.05) is 23.6 Å². The van der Waals surface area contributed by atoms with E-state index in [4.69, 9.17) is 4.74 Å². The minimum atomic E-state index is -0.592. The van der Waals surface area contributed by atoms with Gasteiger partial charge in [0.15, 0.2) is 6.61 Å². The van der Waals surface area contributed by atoms with E-state index in [1.165, 1.54) is 11.1 Å². The van der Waals surface area contributed by atoms with Gasteiger partial charge in [-0.25, -0.2) is 4.79 Å². The summed E-state index contributed by atoms with van der Waals surface area (Å²) < 4.78 is 6.12. The maximum Gasteiger partial charge on any atom is 0.342 e. The predicted molar refractivity (Wildman–Crippen MR) is 105 cm³/mol. The molecule has 3 rings (SSSR count). The summed E-state index contributed by atoms with van der Waals surface area (Å²) in [5, 5.41) is 6.72. The summed E-state index contributed by atoms with van der Waals surface area (Å²) >= 11 is 3.46. The number of ether oxygens (including phenoxy) is 1. The molecule has 7 heteroatoms. The van der Waals surface area contributed by atoms with Crippen LogP contribution in [-0.4, -0.2) is 40.6 Å². The third-order valence-electron chi connectivity index (χ3n) is 4.04. The first-order valence-electron chi connectivity index (χ1n) is 8.29. The van der Waals surface area contributed by atoms with Crippen molar-refractivity contribution < 1.29 is 14.3 Å². The lowest BCUT2D eigenvalue weighted by molar-refractivity contribution is -0.133. The van der Waals surface area contributed by atoms with Crippen LogP contribution in [0.15, 0.2) is 65.3 Å². The Hall–Kier alpha value is -2.93. The Balaban J connectivity index is 1.60. The van der Waals surface area contributed by atoms with Crippen molar-refractivity contribution in [1.29, 1.82) is 0 Å². The molecule has 0 spiro atoms. The summed E-state index contributed by atoms with van der Waals surface area (Å²) in [5.74, 6) is -0.880. The molecule has 6 nitrogen and oxygen atoms in total. The van der Waals surface area contributed by atoms with Gasteiger partial charge in [-0.2, -0.15) is 5.10 Å². The van der Waals surface area contributed by atoms with Gasteiger partial charge in [0.05, 0.1) is 11.9 Å². The van der Waals surface area contributed by atoms with Gasteiger partial charge in [0.1, 0.15) is 5.56 Å². The van der Waals surface area contributed by atoms with E-state index in [9.17, 15) is 9.59 Å². The van der Waals surface area contributed by atoms with Crippen LogP contribution in [0.5, 0.6) is 0 Å². The zero-order valence-corrected chi connectivity index (χ0v) is 16.3. The molecule has 27 heavy (non-hydrogen) atoms. The lowest BCUT2D eigenvalue weighted by atomic mass is 10.1.